The van der Waals surface area contributed by atoms with Crippen molar-refractivity contribution in [3.05, 3.63) is 23.4 Å². The van der Waals surface area contributed by atoms with Gasteiger partial charge >= 0.3 is 0 Å². The first-order valence-electron chi connectivity index (χ1n) is 7.84. The van der Waals surface area contributed by atoms with Crippen molar-refractivity contribution in [2.45, 2.75) is 45.9 Å². The summed E-state index contributed by atoms with van der Waals surface area (Å²) in [4.78, 5) is 6.72. The van der Waals surface area contributed by atoms with Crippen LogP contribution >= 0.6 is 0 Å². The number of likely N-dealkylation sites (N-methyl/N-ethyl adjacent to an activating group) is 1. The van der Waals surface area contributed by atoms with Crippen LogP contribution in [-0.4, -0.2) is 48.3 Å². The molecule has 0 bridgehead atoms. The molecule has 1 aliphatic heterocycles. The van der Waals surface area contributed by atoms with Gasteiger partial charge in [-0.25, -0.2) is 4.98 Å². The number of ether oxygens (including phenoxy) is 1. The van der Waals surface area contributed by atoms with Crippen molar-refractivity contribution in [2.24, 2.45) is 0 Å². The monoisotopic (exact) mass is 292 g/mol. The Morgan fingerprint density at radius 2 is 2.29 bits per heavy atom. The molecule has 1 fully saturated rings. The third kappa shape index (κ3) is 3.73. The average molecular weight is 292 g/mol. The third-order valence-electron chi connectivity index (χ3n) is 4.20. The quantitative estimate of drug-likeness (QED) is 0.865. The summed E-state index contributed by atoms with van der Waals surface area (Å²) in [5.41, 5.74) is 8.38. The maximum atomic E-state index is 6.13. The van der Waals surface area contributed by atoms with Crippen LogP contribution in [0.1, 0.15) is 37.9 Å². The number of nitrogen functional groups attached to an aromatic ring is 1. The smallest absolute Gasteiger partial charge is 0.128 e. The molecule has 1 aliphatic rings. The molecule has 0 aliphatic carbocycles. The predicted octanol–water partition coefficient (Wildman–Crippen LogP) is 1.73. The number of pyridine rings is 1. The molecule has 1 saturated heterocycles. The highest BCUT2D eigenvalue weighted by Crippen LogP contribution is 2.28. The van der Waals surface area contributed by atoms with E-state index in [2.05, 4.69) is 42.9 Å². The summed E-state index contributed by atoms with van der Waals surface area (Å²) in [5, 5.41) is 3.54. The van der Waals surface area contributed by atoms with Crippen LogP contribution in [0.15, 0.2) is 12.3 Å². The number of anilines is 1. The van der Waals surface area contributed by atoms with Gasteiger partial charge in [-0.3, -0.25) is 4.90 Å². The number of nitrogens with one attached hydrogen (secondary N) is 1. The van der Waals surface area contributed by atoms with Gasteiger partial charge in [0, 0.05) is 30.9 Å². The van der Waals surface area contributed by atoms with E-state index >= 15 is 0 Å². The molecule has 21 heavy (non-hydrogen) atoms. The van der Waals surface area contributed by atoms with Gasteiger partial charge in [-0.05, 0) is 38.9 Å². The number of morpholine rings is 1. The summed E-state index contributed by atoms with van der Waals surface area (Å²) in [6, 6.07) is 2.63. The van der Waals surface area contributed by atoms with Crippen LogP contribution in [-0.2, 0) is 4.74 Å². The summed E-state index contributed by atoms with van der Waals surface area (Å²) < 4.78 is 6.05. The van der Waals surface area contributed by atoms with Crippen molar-refractivity contribution in [3.8, 4) is 0 Å². The molecule has 2 rings (SSSR count). The molecule has 0 radical (unpaired) electrons. The molecule has 118 valence electrons. The maximum absolute atomic E-state index is 6.13. The molecule has 1 aromatic heterocycles. The van der Waals surface area contributed by atoms with E-state index < -0.39 is 0 Å². The second-order valence-electron chi connectivity index (χ2n) is 5.96. The van der Waals surface area contributed by atoms with E-state index in [1.165, 1.54) is 5.56 Å². The van der Waals surface area contributed by atoms with Crippen molar-refractivity contribution in [3.63, 3.8) is 0 Å². The summed E-state index contributed by atoms with van der Waals surface area (Å²) >= 11 is 0. The standard InChI is InChI=1S/C16H28N4O/c1-5-18-15(14-12(4)6-7-19-16(14)17)13-10-20(11(2)3)8-9-21-13/h6-7,11,13,15,18H,5,8-10H2,1-4H3,(H2,17,19). The molecule has 2 heterocycles. The lowest BCUT2D eigenvalue weighted by Crippen LogP contribution is -2.50. The Balaban J connectivity index is 2.26. The van der Waals surface area contributed by atoms with E-state index in [0.29, 0.717) is 11.9 Å². The number of nitrogens with two attached hydrogens (primary N) is 1. The molecule has 3 N–H and O–H groups in total. The molecule has 0 spiro atoms. The number of nitrogens with zero attached hydrogens (tertiary/aromatic N) is 2. The fraction of sp³-hybridized carbons (Fsp3) is 0.688. The summed E-state index contributed by atoms with van der Waals surface area (Å²) in [6.07, 6.45) is 1.87. The second-order valence-corrected chi connectivity index (χ2v) is 5.96. The Bertz CT molecular complexity index is 443. The van der Waals surface area contributed by atoms with Gasteiger partial charge in [-0.15, -0.1) is 0 Å². The van der Waals surface area contributed by atoms with Crippen molar-refractivity contribution in [1.29, 1.82) is 0 Å². The van der Waals surface area contributed by atoms with Crippen LogP contribution in [0, 0.1) is 6.92 Å². The lowest BCUT2D eigenvalue weighted by Gasteiger charge is -2.39. The van der Waals surface area contributed by atoms with Crippen LogP contribution in [0.25, 0.3) is 0 Å². The van der Waals surface area contributed by atoms with Crippen LogP contribution in [0.4, 0.5) is 5.82 Å². The molecule has 5 nitrogen and oxygen atoms in total. The number of rotatable bonds is 5. The van der Waals surface area contributed by atoms with Crippen LogP contribution in [0.2, 0.25) is 0 Å². The fourth-order valence-electron chi connectivity index (χ4n) is 3.00. The van der Waals surface area contributed by atoms with Crippen LogP contribution in [0.3, 0.4) is 0 Å². The van der Waals surface area contributed by atoms with Crippen molar-refractivity contribution >= 4 is 5.82 Å². The minimum atomic E-state index is 0.0882. The predicted molar refractivity (Wildman–Crippen MR) is 86.3 cm³/mol. The average Bonchev–Trinajstić information content (AvgIpc) is 2.46. The Labute approximate surface area is 127 Å². The largest absolute Gasteiger partial charge is 0.383 e. The molecule has 0 amide bonds. The van der Waals surface area contributed by atoms with Gasteiger partial charge in [-0.2, -0.15) is 0 Å². The lowest BCUT2D eigenvalue weighted by atomic mass is 9.96. The summed E-state index contributed by atoms with van der Waals surface area (Å²) in [5.74, 6) is 0.603. The Morgan fingerprint density at radius 1 is 1.52 bits per heavy atom. The van der Waals surface area contributed by atoms with E-state index in [-0.39, 0.29) is 12.1 Å². The lowest BCUT2D eigenvalue weighted by molar-refractivity contribution is -0.0558. The molecule has 0 saturated carbocycles. The van der Waals surface area contributed by atoms with E-state index in [4.69, 9.17) is 10.5 Å². The Hall–Kier alpha value is -1.17. The first-order chi connectivity index (χ1) is 10.0. The zero-order valence-corrected chi connectivity index (χ0v) is 13.6. The van der Waals surface area contributed by atoms with Gasteiger partial charge < -0.3 is 15.8 Å². The zero-order chi connectivity index (χ0) is 15.4. The molecule has 2 atom stereocenters. The minimum Gasteiger partial charge on any atom is -0.383 e. The maximum Gasteiger partial charge on any atom is 0.128 e. The van der Waals surface area contributed by atoms with Gasteiger partial charge in [0.25, 0.3) is 0 Å². The number of aryl methyl sites for hydroxylation is 1. The van der Waals surface area contributed by atoms with Crippen molar-refractivity contribution < 1.29 is 4.74 Å². The number of hydrogen-bond acceptors (Lipinski definition) is 5. The van der Waals surface area contributed by atoms with Crippen molar-refractivity contribution in [1.82, 2.24) is 15.2 Å². The van der Waals surface area contributed by atoms with E-state index in [1.54, 1.807) is 6.20 Å². The molecule has 1 aromatic rings. The highest BCUT2D eigenvalue weighted by molar-refractivity contribution is 5.46. The van der Waals surface area contributed by atoms with Crippen LogP contribution < -0.4 is 11.1 Å². The second kappa shape index (κ2) is 7.20. The molecule has 0 aromatic carbocycles. The molecule has 5 heteroatoms. The van der Waals surface area contributed by atoms with E-state index in [0.717, 1.165) is 31.8 Å². The molecule has 2 unspecified atom stereocenters. The highest BCUT2D eigenvalue weighted by Gasteiger charge is 2.31. The normalized spacial score (nSPS) is 21.7. The topological polar surface area (TPSA) is 63.4 Å². The third-order valence-corrected chi connectivity index (χ3v) is 4.20. The molecular weight excluding hydrogens is 264 g/mol. The fourth-order valence-corrected chi connectivity index (χ4v) is 3.00. The Morgan fingerprint density at radius 3 is 2.90 bits per heavy atom. The van der Waals surface area contributed by atoms with Gasteiger partial charge in [0.1, 0.15) is 5.82 Å². The van der Waals surface area contributed by atoms with E-state index in [9.17, 15) is 0 Å². The van der Waals surface area contributed by atoms with Crippen molar-refractivity contribution in [2.75, 3.05) is 32.0 Å². The summed E-state index contributed by atoms with van der Waals surface area (Å²) in [6.45, 7) is 12.2. The van der Waals surface area contributed by atoms with Gasteiger partial charge in [0.2, 0.25) is 0 Å². The first-order valence-corrected chi connectivity index (χ1v) is 7.84. The number of aromatic nitrogens is 1. The zero-order valence-electron chi connectivity index (χ0n) is 13.6. The highest BCUT2D eigenvalue weighted by atomic mass is 16.5. The SMILES string of the molecule is CCNC(c1c(C)ccnc1N)C1CN(C(C)C)CCO1. The summed E-state index contributed by atoms with van der Waals surface area (Å²) in [7, 11) is 0. The van der Waals surface area contributed by atoms with Gasteiger partial charge in [0.15, 0.2) is 0 Å². The number of hydrogen-bond donors (Lipinski definition) is 2. The van der Waals surface area contributed by atoms with Gasteiger partial charge in [0.05, 0.1) is 18.8 Å². The Kier molecular flexibility index (Phi) is 5.56. The van der Waals surface area contributed by atoms with Crippen LogP contribution in [0.5, 0.6) is 0 Å². The van der Waals surface area contributed by atoms with E-state index in [1.807, 2.05) is 6.07 Å². The minimum absolute atomic E-state index is 0.0882. The first kappa shape index (κ1) is 16.2. The molecular formula is C16H28N4O. The van der Waals surface area contributed by atoms with Gasteiger partial charge in [-0.1, -0.05) is 6.92 Å².